The van der Waals surface area contributed by atoms with Crippen molar-refractivity contribution in [3.63, 3.8) is 0 Å². The van der Waals surface area contributed by atoms with Gasteiger partial charge in [0.05, 0.1) is 6.61 Å². The van der Waals surface area contributed by atoms with Gasteiger partial charge in [-0.1, -0.05) is 49.7 Å². The van der Waals surface area contributed by atoms with Crippen LogP contribution in [0.1, 0.15) is 43.4 Å². The Morgan fingerprint density at radius 1 is 1.07 bits per heavy atom. The number of carbonyl (C=O) groups excluding carboxylic acids is 1. The standard InChI is InChI=1S/C26H34FNO2/c1-3-6-22-7-4-5-8-23(22)17-24-14-16-28(18-25(24)19-30-20(2)29)15-13-21-9-11-26(27)12-10-21/h4-5,7-12,24-25H,3,6,13-19H2,1-2H3/t24-,25+/m1/s1. The summed E-state index contributed by atoms with van der Waals surface area (Å²) in [5.41, 5.74) is 4.05. The molecule has 1 fully saturated rings. The van der Waals surface area contributed by atoms with Crippen LogP contribution in [0.4, 0.5) is 4.39 Å². The molecule has 1 saturated heterocycles. The number of carbonyl (C=O) groups is 1. The van der Waals surface area contributed by atoms with Crippen LogP contribution in [-0.2, 0) is 28.8 Å². The van der Waals surface area contributed by atoms with Crippen molar-refractivity contribution in [2.45, 2.75) is 46.0 Å². The number of aryl methyl sites for hydroxylation is 1. The Morgan fingerprint density at radius 2 is 1.80 bits per heavy atom. The summed E-state index contributed by atoms with van der Waals surface area (Å²) < 4.78 is 18.6. The second kappa shape index (κ2) is 11.3. The van der Waals surface area contributed by atoms with E-state index in [0.717, 1.165) is 57.3 Å². The molecule has 3 rings (SSSR count). The minimum Gasteiger partial charge on any atom is -0.466 e. The largest absolute Gasteiger partial charge is 0.466 e. The molecule has 3 nitrogen and oxygen atoms in total. The molecule has 0 amide bonds. The number of benzene rings is 2. The van der Waals surface area contributed by atoms with Crippen LogP contribution in [0.2, 0.25) is 0 Å². The van der Waals surface area contributed by atoms with E-state index in [9.17, 15) is 9.18 Å². The molecule has 0 spiro atoms. The van der Waals surface area contributed by atoms with Crippen LogP contribution in [0, 0.1) is 17.7 Å². The fraction of sp³-hybridized carbons (Fsp3) is 0.500. The Labute approximate surface area is 180 Å². The van der Waals surface area contributed by atoms with Gasteiger partial charge in [-0.25, -0.2) is 4.39 Å². The van der Waals surface area contributed by atoms with Gasteiger partial charge >= 0.3 is 5.97 Å². The fourth-order valence-electron chi connectivity index (χ4n) is 4.53. The lowest BCUT2D eigenvalue weighted by atomic mass is 9.80. The van der Waals surface area contributed by atoms with E-state index in [-0.39, 0.29) is 11.8 Å². The summed E-state index contributed by atoms with van der Waals surface area (Å²) in [5.74, 6) is 0.461. The minimum absolute atomic E-state index is 0.190. The van der Waals surface area contributed by atoms with E-state index in [1.807, 2.05) is 12.1 Å². The summed E-state index contributed by atoms with van der Waals surface area (Å²) in [4.78, 5) is 13.9. The van der Waals surface area contributed by atoms with Gasteiger partial charge in [0.2, 0.25) is 0 Å². The first kappa shape index (κ1) is 22.5. The Bertz CT molecular complexity index is 805. The topological polar surface area (TPSA) is 29.5 Å². The number of hydrogen-bond acceptors (Lipinski definition) is 3. The van der Waals surface area contributed by atoms with E-state index >= 15 is 0 Å². The maximum atomic E-state index is 13.1. The monoisotopic (exact) mass is 411 g/mol. The van der Waals surface area contributed by atoms with Crippen molar-refractivity contribution in [1.82, 2.24) is 4.90 Å². The molecule has 0 aromatic heterocycles. The molecule has 0 bridgehead atoms. The van der Waals surface area contributed by atoms with E-state index in [1.165, 1.54) is 30.2 Å². The van der Waals surface area contributed by atoms with Gasteiger partial charge in [-0.2, -0.15) is 0 Å². The van der Waals surface area contributed by atoms with Crippen molar-refractivity contribution in [3.8, 4) is 0 Å². The maximum absolute atomic E-state index is 13.1. The predicted octanol–water partition coefficient (Wildman–Crippen LogP) is 5.06. The van der Waals surface area contributed by atoms with Crippen LogP contribution in [0.5, 0.6) is 0 Å². The van der Waals surface area contributed by atoms with Gasteiger partial charge in [-0.15, -0.1) is 0 Å². The molecule has 1 aliphatic rings. The Morgan fingerprint density at radius 3 is 2.50 bits per heavy atom. The van der Waals surface area contributed by atoms with Crippen LogP contribution < -0.4 is 0 Å². The zero-order valence-corrected chi connectivity index (χ0v) is 18.3. The summed E-state index contributed by atoms with van der Waals surface area (Å²) in [5, 5.41) is 0. The lowest BCUT2D eigenvalue weighted by Crippen LogP contribution is -2.44. The average molecular weight is 412 g/mol. The second-order valence-corrected chi connectivity index (χ2v) is 8.51. The van der Waals surface area contributed by atoms with Gasteiger partial charge < -0.3 is 9.64 Å². The summed E-state index contributed by atoms with van der Waals surface area (Å²) in [6, 6.07) is 15.5. The molecule has 1 aliphatic heterocycles. The zero-order valence-electron chi connectivity index (χ0n) is 18.3. The van der Waals surface area contributed by atoms with Gasteiger partial charge in [-0.05, 0) is 67.0 Å². The van der Waals surface area contributed by atoms with Crippen molar-refractivity contribution in [2.75, 3.05) is 26.2 Å². The molecule has 0 radical (unpaired) electrons. The molecule has 1 heterocycles. The Balaban J connectivity index is 1.63. The third-order valence-electron chi connectivity index (χ3n) is 6.23. The fourth-order valence-corrected chi connectivity index (χ4v) is 4.53. The first-order valence-corrected chi connectivity index (χ1v) is 11.2. The van der Waals surface area contributed by atoms with Crippen LogP contribution in [0.25, 0.3) is 0 Å². The molecular formula is C26H34FNO2. The molecule has 30 heavy (non-hydrogen) atoms. The highest BCUT2D eigenvalue weighted by molar-refractivity contribution is 5.65. The number of esters is 1. The molecule has 2 atom stereocenters. The number of halogens is 1. The number of hydrogen-bond donors (Lipinski definition) is 0. The molecule has 0 N–H and O–H groups in total. The van der Waals surface area contributed by atoms with E-state index in [0.29, 0.717) is 18.4 Å². The SMILES string of the molecule is CCCc1ccccc1C[C@H]1CCN(CCc2ccc(F)cc2)C[C@H]1COC(C)=O. The molecule has 0 aliphatic carbocycles. The van der Waals surface area contributed by atoms with Crippen LogP contribution in [0.3, 0.4) is 0 Å². The third kappa shape index (κ3) is 6.66. The lowest BCUT2D eigenvalue weighted by Gasteiger charge is -2.38. The first-order valence-electron chi connectivity index (χ1n) is 11.2. The average Bonchev–Trinajstić information content (AvgIpc) is 2.74. The second-order valence-electron chi connectivity index (χ2n) is 8.51. The number of piperidine rings is 1. The summed E-state index contributed by atoms with van der Waals surface area (Å²) in [6.07, 6.45) is 5.32. The molecule has 162 valence electrons. The van der Waals surface area contributed by atoms with Crippen molar-refractivity contribution in [3.05, 3.63) is 71.0 Å². The van der Waals surface area contributed by atoms with E-state index < -0.39 is 0 Å². The highest BCUT2D eigenvalue weighted by Gasteiger charge is 2.30. The highest BCUT2D eigenvalue weighted by Crippen LogP contribution is 2.29. The van der Waals surface area contributed by atoms with Gasteiger partial charge in [0, 0.05) is 25.9 Å². The molecule has 0 saturated carbocycles. The van der Waals surface area contributed by atoms with Gasteiger partial charge in [0.25, 0.3) is 0 Å². The maximum Gasteiger partial charge on any atom is 0.302 e. The van der Waals surface area contributed by atoms with Crippen LogP contribution in [-0.4, -0.2) is 37.1 Å². The van der Waals surface area contributed by atoms with E-state index in [2.05, 4.69) is 36.1 Å². The number of nitrogens with zero attached hydrogens (tertiary/aromatic N) is 1. The molecular weight excluding hydrogens is 377 g/mol. The van der Waals surface area contributed by atoms with Crippen molar-refractivity contribution in [1.29, 1.82) is 0 Å². The predicted molar refractivity (Wildman–Crippen MR) is 119 cm³/mol. The van der Waals surface area contributed by atoms with E-state index in [1.54, 1.807) is 0 Å². The van der Waals surface area contributed by atoms with Gasteiger partial charge in [0.1, 0.15) is 5.82 Å². The highest BCUT2D eigenvalue weighted by atomic mass is 19.1. The van der Waals surface area contributed by atoms with E-state index in [4.69, 9.17) is 4.74 Å². The van der Waals surface area contributed by atoms with Gasteiger partial charge in [-0.3, -0.25) is 4.79 Å². The van der Waals surface area contributed by atoms with Crippen LogP contribution in [0.15, 0.2) is 48.5 Å². The first-order chi connectivity index (χ1) is 14.5. The Kier molecular flexibility index (Phi) is 8.44. The van der Waals surface area contributed by atoms with Gasteiger partial charge in [0.15, 0.2) is 0 Å². The minimum atomic E-state index is -0.205. The smallest absolute Gasteiger partial charge is 0.302 e. The number of likely N-dealkylation sites (tertiary alicyclic amines) is 1. The van der Waals surface area contributed by atoms with Crippen molar-refractivity contribution in [2.24, 2.45) is 11.8 Å². The third-order valence-corrected chi connectivity index (χ3v) is 6.23. The lowest BCUT2D eigenvalue weighted by molar-refractivity contribution is -0.143. The normalized spacial score (nSPS) is 19.6. The number of ether oxygens (including phenoxy) is 1. The number of rotatable bonds is 9. The van der Waals surface area contributed by atoms with Crippen molar-refractivity contribution >= 4 is 5.97 Å². The Hall–Kier alpha value is -2.20. The van der Waals surface area contributed by atoms with Crippen molar-refractivity contribution < 1.29 is 13.9 Å². The molecule has 2 aromatic carbocycles. The summed E-state index contributed by atoms with van der Waals surface area (Å²) in [6.45, 7) is 7.14. The molecule has 0 unspecified atom stereocenters. The quantitative estimate of drug-likeness (QED) is 0.540. The summed E-state index contributed by atoms with van der Waals surface area (Å²) >= 11 is 0. The molecule has 4 heteroatoms. The summed E-state index contributed by atoms with van der Waals surface area (Å²) in [7, 11) is 0. The molecule has 2 aromatic rings. The van der Waals surface area contributed by atoms with Crippen LogP contribution >= 0.6 is 0 Å². The zero-order chi connectivity index (χ0) is 21.3.